The number of rotatable bonds is 5. The Kier molecular flexibility index (Phi) is 5.63. The monoisotopic (exact) mass is 332 g/mol. The number of halogens is 2. The van der Waals surface area contributed by atoms with E-state index in [1.807, 2.05) is 13.8 Å². The first-order chi connectivity index (χ1) is 11.4. The summed E-state index contributed by atoms with van der Waals surface area (Å²) in [6.45, 7) is 4.42. The van der Waals surface area contributed by atoms with Crippen LogP contribution in [0.2, 0.25) is 0 Å². The Labute approximate surface area is 138 Å². The van der Waals surface area contributed by atoms with Gasteiger partial charge in [0.05, 0.1) is 16.8 Å². The summed E-state index contributed by atoms with van der Waals surface area (Å²) in [4.78, 5) is 24.4. The highest BCUT2D eigenvalue weighted by atomic mass is 19.1. The third-order valence-electron chi connectivity index (χ3n) is 3.27. The largest absolute Gasteiger partial charge is 0.352 e. The molecule has 126 valence electrons. The zero-order chi connectivity index (χ0) is 17.7. The van der Waals surface area contributed by atoms with Gasteiger partial charge in [0.25, 0.3) is 11.8 Å². The van der Waals surface area contributed by atoms with Gasteiger partial charge in [0.2, 0.25) is 0 Å². The van der Waals surface area contributed by atoms with Crippen molar-refractivity contribution in [2.45, 2.75) is 13.8 Å². The number of para-hydroxylation sites is 1. The molecule has 2 aromatic rings. The first-order valence-corrected chi connectivity index (χ1v) is 7.52. The van der Waals surface area contributed by atoms with E-state index in [-0.39, 0.29) is 28.6 Å². The molecule has 24 heavy (non-hydrogen) atoms. The van der Waals surface area contributed by atoms with Crippen molar-refractivity contribution in [3.8, 4) is 0 Å². The highest BCUT2D eigenvalue weighted by Gasteiger charge is 2.16. The van der Waals surface area contributed by atoms with Gasteiger partial charge in [-0.1, -0.05) is 26.0 Å². The van der Waals surface area contributed by atoms with Crippen molar-refractivity contribution in [3.63, 3.8) is 0 Å². The Bertz CT molecular complexity index is 760. The highest BCUT2D eigenvalue weighted by Crippen LogP contribution is 2.18. The van der Waals surface area contributed by atoms with E-state index < -0.39 is 17.5 Å². The molecule has 0 spiro atoms. The van der Waals surface area contributed by atoms with Crippen molar-refractivity contribution in [3.05, 3.63) is 65.2 Å². The zero-order valence-corrected chi connectivity index (χ0v) is 13.4. The number of carbonyl (C=O) groups is 2. The van der Waals surface area contributed by atoms with Gasteiger partial charge in [0, 0.05) is 12.6 Å². The molecule has 0 saturated heterocycles. The van der Waals surface area contributed by atoms with Gasteiger partial charge in [-0.3, -0.25) is 9.59 Å². The normalized spacial score (nSPS) is 10.5. The van der Waals surface area contributed by atoms with Crippen LogP contribution in [0.15, 0.2) is 42.5 Å². The van der Waals surface area contributed by atoms with E-state index in [2.05, 4.69) is 10.6 Å². The Morgan fingerprint density at radius 1 is 1.00 bits per heavy atom. The third kappa shape index (κ3) is 4.38. The summed E-state index contributed by atoms with van der Waals surface area (Å²) in [5.41, 5.74) is 0.232. The van der Waals surface area contributed by atoms with Crippen LogP contribution in [-0.2, 0) is 0 Å². The van der Waals surface area contributed by atoms with Gasteiger partial charge in [-0.25, -0.2) is 8.78 Å². The van der Waals surface area contributed by atoms with Gasteiger partial charge in [-0.15, -0.1) is 0 Å². The van der Waals surface area contributed by atoms with E-state index in [1.165, 1.54) is 0 Å². The first-order valence-electron chi connectivity index (χ1n) is 7.52. The summed E-state index contributed by atoms with van der Waals surface area (Å²) in [5.74, 6) is -2.54. The van der Waals surface area contributed by atoms with Crippen LogP contribution in [0.3, 0.4) is 0 Å². The minimum atomic E-state index is -0.964. The fraction of sp³-hybridized carbons (Fsp3) is 0.222. The SMILES string of the molecule is CC(C)CNC(=O)c1ccccc1NC(=O)c1ccc(F)cc1F. The highest BCUT2D eigenvalue weighted by molar-refractivity contribution is 6.09. The predicted octanol–water partition coefficient (Wildman–Crippen LogP) is 3.60. The molecule has 2 rings (SSSR count). The summed E-state index contributed by atoms with van der Waals surface area (Å²) in [7, 11) is 0. The smallest absolute Gasteiger partial charge is 0.258 e. The summed E-state index contributed by atoms with van der Waals surface area (Å²) in [6.07, 6.45) is 0. The molecule has 0 saturated carbocycles. The predicted molar refractivity (Wildman–Crippen MR) is 87.9 cm³/mol. The van der Waals surface area contributed by atoms with Crippen LogP contribution in [0.1, 0.15) is 34.6 Å². The van der Waals surface area contributed by atoms with Crippen molar-refractivity contribution in [2.24, 2.45) is 5.92 Å². The molecule has 0 atom stereocenters. The maximum Gasteiger partial charge on any atom is 0.258 e. The molecule has 0 radical (unpaired) electrons. The number of benzene rings is 2. The molecule has 4 nitrogen and oxygen atoms in total. The minimum absolute atomic E-state index is 0.257. The molecule has 2 N–H and O–H groups in total. The number of anilines is 1. The molecule has 0 unspecified atom stereocenters. The molecule has 2 amide bonds. The van der Waals surface area contributed by atoms with Crippen LogP contribution in [0.25, 0.3) is 0 Å². The van der Waals surface area contributed by atoms with Crippen LogP contribution >= 0.6 is 0 Å². The van der Waals surface area contributed by atoms with Crippen LogP contribution in [0.5, 0.6) is 0 Å². The lowest BCUT2D eigenvalue weighted by molar-refractivity contribution is 0.0950. The summed E-state index contributed by atoms with van der Waals surface area (Å²) in [6, 6.07) is 9.11. The maximum absolute atomic E-state index is 13.7. The lowest BCUT2D eigenvalue weighted by atomic mass is 10.1. The van der Waals surface area contributed by atoms with E-state index in [0.717, 1.165) is 12.1 Å². The number of nitrogens with one attached hydrogen (secondary N) is 2. The zero-order valence-electron chi connectivity index (χ0n) is 13.4. The number of amides is 2. The average molecular weight is 332 g/mol. The summed E-state index contributed by atoms with van der Waals surface area (Å²) >= 11 is 0. The Morgan fingerprint density at radius 2 is 1.71 bits per heavy atom. The molecule has 0 aromatic heterocycles. The Balaban J connectivity index is 2.20. The summed E-state index contributed by atoms with van der Waals surface area (Å²) < 4.78 is 26.6. The van der Waals surface area contributed by atoms with Gasteiger partial charge >= 0.3 is 0 Å². The number of hydrogen-bond donors (Lipinski definition) is 2. The maximum atomic E-state index is 13.7. The molecule has 0 heterocycles. The molecule has 6 heteroatoms. The molecule has 0 aliphatic carbocycles. The van der Waals surface area contributed by atoms with E-state index >= 15 is 0 Å². The lowest BCUT2D eigenvalue weighted by Crippen LogP contribution is -2.28. The van der Waals surface area contributed by atoms with Crippen molar-refractivity contribution in [1.82, 2.24) is 5.32 Å². The third-order valence-corrected chi connectivity index (χ3v) is 3.27. The lowest BCUT2D eigenvalue weighted by Gasteiger charge is -2.12. The molecule has 0 bridgehead atoms. The van der Waals surface area contributed by atoms with Crippen molar-refractivity contribution >= 4 is 17.5 Å². The van der Waals surface area contributed by atoms with E-state index in [1.54, 1.807) is 24.3 Å². The van der Waals surface area contributed by atoms with Crippen LogP contribution in [-0.4, -0.2) is 18.4 Å². The van der Waals surface area contributed by atoms with Gasteiger partial charge in [-0.05, 0) is 30.2 Å². The van der Waals surface area contributed by atoms with Crippen LogP contribution < -0.4 is 10.6 Å². The van der Waals surface area contributed by atoms with Crippen LogP contribution in [0, 0.1) is 17.6 Å². The topological polar surface area (TPSA) is 58.2 Å². The van der Waals surface area contributed by atoms with Gasteiger partial charge in [0.15, 0.2) is 0 Å². The van der Waals surface area contributed by atoms with Crippen molar-refractivity contribution in [1.29, 1.82) is 0 Å². The Morgan fingerprint density at radius 3 is 2.38 bits per heavy atom. The fourth-order valence-corrected chi connectivity index (χ4v) is 2.05. The number of hydrogen-bond acceptors (Lipinski definition) is 2. The fourth-order valence-electron chi connectivity index (χ4n) is 2.05. The van der Waals surface area contributed by atoms with E-state index in [0.29, 0.717) is 12.6 Å². The minimum Gasteiger partial charge on any atom is -0.352 e. The molecule has 0 aliphatic rings. The van der Waals surface area contributed by atoms with Gasteiger partial charge in [0.1, 0.15) is 11.6 Å². The molecular formula is C18H18F2N2O2. The molecule has 2 aromatic carbocycles. The molecular weight excluding hydrogens is 314 g/mol. The second kappa shape index (κ2) is 7.68. The quantitative estimate of drug-likeness (QED) is 0.879. The first kappa shape index (κ1) is 17.6. The van der Waals surface area contributed by atoms with Gasteiger partial charge in [-0.2, -0.15) is 0 Å². The molecule has 0 aliphatic heterocycles. The van der Waals surface area contributed by atoms with Gasteiger partial charge < -0.3 is 10.6 Å². The second-order valence-corrected chi connectivity index (χ2v) is 5.73. The van der Waals surface area contributed by atoms with Crippen molar-refractivity contribution in [2.75, 3.05) is 11.9 Å². The van der Waals surface area contributed by atoms with Crippen molar-refractivity contribution < 1.29 is 18.4 Å². The average Bonchev–Trinajstić information content (AvgIpc) is 2.53. The molecule has 0 fully saturated rings. The van der Waals surface area contributed by atoms with E-state index in [9.17, 15) is 18.4 Å². The standard InChI is InChI=1S/C18H18F2N2O2/c1-11(2)10-21-17(23)14-5-3-4-6-16(14)22-18(24)13-8-7-12(19)9-15(13)20/h3-9,11H,10H2,1-2H3,(H,21,23)(H,22,24). The van der Waals surface area contributed by atoms with E-state index in [4.69, 9.17) is 0 Å². The van der Waals surface area contributed by atoms with Crippen LogP contribution in [0.4, 0.5) is 14.5 Å². The second-order valence-electron chi connectivity index (χ2n) is 5.73. The summed E-state index contributed by atoms with van der Waals surface area (Å²) in [5, 5.41) is 5.25. The number of carbonyl (C=O) groups excluding carboxylic acids is 2. The Hall–Kier alpha value is -2.76.